The highest BCUT2D eigenvalue weighted by Gasteiger charge is 2.37. The highest BCUT2D eigenvalue weighted by Crippen LogP contribution is 2.44. The zero-order valence-electron chi connectivity index (χ0n) is 21.4. The highest BCUT2D eigenvalue weighted by atomic mass is 35.5. The fourth-order valence-electron chi connectivity index (χ4n) is 5.28. The van der Waals surface area contributed by atoms with E-state index in [1.54, 1.807) is 25.3 Å². The van der Waals surface area contributed by atoms with Crippen molar-refractivity contribution in [2.24, 2.45) is 5.41 Å². The van der Waals surface area contributed by atoms with Crippen LogP contribution < -0.4 is 4.74 Å². The lowest BCUT2D eigenvalue weighted by molar-refractivity contribution is -0.141. The Morgan fingerprint density at radius 2 is 2.05 bits per heavy atom. The zero-order valence-corrected chi connectivity index (χ0v) is 23.0. The van der Waals surface area contributed by atoms with Gasteiger partial charge < -0.3 is 14.7 Å². The fourth-order valence-corrected chi connectivity index (χ4v) is 6.57. The second-order valence-corrected chi connectivity index (χ2v) is 11.6. The molecular weight excluding hydrogens is 511 g/mol. The van der Waals surface area contributed by atoms with Crippen molar-refractivity contribution in [1.29, 1.82) is 0 Å². The van der Waals surface area contributed by atoms with Gasteiger partial charge in [-0.05, 0) is 81.4 Å². The molecular formula is C29H34ClFN2O3S. The number of likely N-dealkylation sites (tertiary alicyclic amines) is 1. The maximum absolute atomic E-state index is 15.7. The summed E-state index contributed by atoms with van der Waals surface area (Å²) in [5.74, 6) is 0.773. The number of piperidine rings is 1. The van der Waals surface area contributed by atoms with E-state index in [1.807, 2.05) is 11.8 Å². The van der Waals surface area contributed by atoms with Crippen LogP contribution in [0, 0.1) is 12.3 Å². The number of carboxylic acids is 1. The third-order valence-electron chi connectivity index (χ3n) is 7.42. The molecule has 2 aromatic carbocycles. The Morgan fingerprint density at radius 3 is 2.76 bits per heavy atom. The van der Waals surface area contributed by atoms with Gasteiger partial charge in [-0.2, -0.15) is 0 Å². The van der Waals surface area contributed by atoms with Crippen LogP contribution in [0.15, 0.2) is 53.6 Å². The number of benzene rings is 2. The van der Waals surface area contributed by atoms with Gasteiger partial charge in [0.1, 0.15) is 11.9 Å². The summed E-state index contributed by atoms with van der Waals surface area (Å²) in [5.41, 5.74) is 1.90. The number of thioether (sulfide) groups is 1. The molecule has 1 unspecified atom stereocenters. The Bertz CT molecular complexity index is 1230. The van der Waals surface area contributed by atoms with E-state index in [0.717, 1.165) is 38.2 Å². The first-order chi connectivity index (χ1) is 17.8. The lowest BCUT2D eigenvalue weighted by atomic mass is 9.71. The molecule has 8 heteroatoms. The Kier molecular flexibility index (Phi) is 9.32. The number of aryl methyl sites for hydroxylation is 1. The molecule has 2 heterocycles. The smallest absolute Gasteiger partial charge is 0.303 e. The number of hydrogen-bond acceptors (Lipinski definition) is 5. The van der Waals surface area contributed by atoms with Crippen molar-refractivity contribution in [1.82, 2.24) is 9.88 Å². The summed E-state index contributed by atoms with van der Waals surface area (Å²) >= 11 is 8.25. The molecule has 37 heavy (non-hydrogen) atoms. The van der Waals surface area contributed by atoms with E-state index in [-0.39, 0.29) is 17.9 Å². The first kappa shape index (κ1) is 27.7. The van der Waals surface area contributed by atoms with Gasteiger partial charge >= 0.3 is 5.97 Å². The topological polar surface area (TPSA) is 62.7 Å². The Morgan fingerprint density at radius 1 is 1.27 bits per heavy atom. The van der Waals surface area contributed by atoms with Gasteiger partial charge in [0, 0.05) is 34.3 Å². The normalized spacial score (nSPS) is 16.5. The van der Waals surface area contributed by atoms with Crippen LogP contribution in [0.25, 0.3) is 10.9 Å². The number of carbonyl (C=O) groups is 1. The molecule has 0 radical (unpaired) electrons. The molecule has 1 aliphatic rings. The summed E-state index contributed by atoms with van der Waals surface area (Å²) in [6, 6.07) is 13.8. The average Bonchev–Trinajstić information content (AvgIpc) is 2.88. The number of aliphatic carboxylic acids is 1. The molecule has 0 bridgehead atoms. The van der Waals surface area contributed by atoms with Crippen LogP contribution >= 0.6 is 23.4 Å². The molecule has 0 spiro atoms. The number of carboxylic acid groups (broad SMARTS) is 1. The number of nitrogens with zero attached hydrogens (tertiary/aromatic N) is 2. The van der Waals surface area contributed by atoms with E-state index in [0.29, 0.717) is 28.6 Å². The van der Waals surface area contributed by atoms with Crippen LogP contribution in [-0.4, -0.2) is 53.5 Å². The van der Waals surface area contributed by atoms with Gasteiger partial charge in [-0.3, -0.25) is 9.78 Å². The number of fused-ring (bicyclic) bond motifs is 1. The maximum atomic E-state index is 15.7. The van der Waals surface area contributed by atoms with E-state index in [2.05, 4.69) is 41.1 Å². The van der Waals surface area contributed by atoms with Crippen LogP contribution in [0.5, 0.6) is 5.75 Å². The first-order valence-corrected chi connectivity index (χ1v) is 14.0. The van der Waals surface area contributed by atoms with Gasteiger partial charge in [0.15, 0.2) is 0 Å². The molecule has 1 N–H and O–H groups in total. The van der Waals surface area contributed by atoms with Gasteiger partial charge in [0.2, 0.25) is 0 Å². The monoisotopic (exact) mass is 544 g/mol. The lowest BCUT2D eigenvalue weighted by Crippen LogP contribution is -2.42. The van der Waals surface area contributed by atoms with Gasteiger partial charge in [-0.15, -0.1) is 11.8 Å². The number of ether oxygens (including phenoxy) is 1. The molecule has 1 saturated heterocycles. The van der Waals surface area contributed by atoms with E-state index in [9.17, 15) is 9.90 Å². The van der Waals surface area contributed by atoms with Crippen molar-refractivity contribution in [3.63, 3.8) is 0 Å². The second-order valence-electron chi connectivity index (χ2n) is 9.99. The van der Waals surface area contributed by atoms with Crippen molar-refractivity contribution in [3.05, 3.63) is 64.8 Å². The van der Waals surface area contributed by atoms with Gasteiger partial charge in [-0.1, -0.05) is 29.3 Å². The molecule has 1 aromatic heterocycles. The summed E-state index contributed by atoms with van der Waals surface area (Å²) in [5, 5.41) is 10.6. The predicted octanol–water partition coefficient (Wildman–Crippen LogP) is 7.35. The predicted molar refractivity (Wildman–Crippen MR) is 149 cm³/mol. The molecule has 5 nitrogen and oxygen atoms in total. The largest absolute Gasteiger partial charge is 0.497 e. The van der Waals surface area contributed by atoms with E-state index < -0.39 is 17.6 Å². The fraction of sp³-hybridized carbons (Fsp3) is 0.448. The standard InChI is InChI=1S/C29H34ClFN2O3S/c1-20-4-3-5-22(16-20)37-15-14-33-12-10-29(11-13-33,18-27(34)35)9-8-25(31)28-23-17-21(36-2)6-7-26(23)32-19-24(28)30/h3-7,16-17,19,25H,8-15,18H2,1-2H3,(H,34,35). The third kappa shape index (κ3) is 7.15. The van der Waals surface area contributed by atoms with Gasteiger partial charge in [-0.25, -0.2) is 4.39 Å². The molecule has 1 aliphatic heterocycles. The van der Waals surface area contributed by atoms with Gasteiger partial charge in [0.05, 0.1) is 24.1 Å². The number of pyridine rings is 1. The molecule has 0 aliphatic carbocycles. The van der Waals surface area contributed by atoms with Crippen molar-refractivity contribution < 1.29 is 19.0 Å². The van der Waals surface area contributed by atoms with Crippen LogP contribution in [-0.2, 0) is 4.79 Å². The summed E-state index contributed by atoms with van der Waals surface area (Å²) in [6.45, 7) is 4.71. The molecule has 4 rings (SSSR count). The number of aromatic nitrogens is 1. The van der Waals surface area contributed by atoms with E-state index in [1.165, 1.54) is 16.7 Å². The van der Waals surface area contributed by atoms with Crippen molar-refractivity contribution in [3.8, 4) is 5.75 Å². The number of alkyl halides is 1. The molecule has 1 atom stereocenters. The quantitative estimate of drug-likeness (QED) is 0.255. The van der Waals surface area contributed by atoms with Crippen molar-refractivity contribution in [2.75, 3.05) is 32.5 Å². The number of methoxy groups -OCH3 is 1. The van der Waals surface area contributed by atoms with Crippen LogP contribution in [0.2, 0.25) is 5.02 Å². The Labute approximate surface area is 227 Å². The average molecular weight is 545 g/mol. The minimum atomic E-state index is -1.32. The molecule has 198 valence electrons. The van der Waals surface area contributed by atoms with Crippen LogP contribution in [0.4, 0.5) is 4.39 Å². The molecule has 0 saturated carbocycles. The lowest BCUT2D eigenvalue weighted by Gasteiger charge is -2.41. The summed E-state index contributed by atoms with van der Waals surface area (Å²) < 4.78 is 21.1. The Balaban J connectivity index is 1.38. The van der Waals surface area contributed by atoms with Crippen molar-refractivity contribution in [2.45, 2.75) is 50.1 Å². The minimum absolute atomic E-state index is 0.0598. The highest BCUT2D eigenvalue weighted by molar-refractivity contribution is 7.99. The SMILES string of the molecule is COc1ccc2ncc(Cl)c(C(F)CCC3(CC(=O)O)CCN(CCSc4cccc(C)c4)CC3)c2c1. The third-order valence-corrected chi connectivity index (χ3v) is 8.69. The maximum Gasteiger partial charge on any atom is 0.303 e. The minimum Gasteiger partial charge on any atom is -0.497 e. The number of hydrogen-bond donors (Lipinski definition) is 1. The number of rotatable bonds is 11. The number of halogens is 2. The van der Waals surface area contributed by atoms with Crippen LogP contribution in [0.1, 0.15) is 49.4 Å². The summed E-state index contributed by atoms with van der Waals surface area (Å²) in [6.07, 6.45) is 2.44. The molecule has 1 fully saturated rings. The first-order valence-electron chi connectivity index (χ1n) is 12.7. The molecule has 3 aromatic rings. The van der Waals surface area contributed by atoms with Crippen molar-refractivity contribution >= 4 is 40.2 Å². The summed E-state index contributed by atoms with van der Waals surface area (Å²) in [7, 11) is 1.56. The summed E-state index contributed by atoms with van der Waals surface area (Å²) in [4.78, 5) is 19.8. The van der Waals surface area contributed by atoms with E-state index in [4.69, 9.17) is 16.3 Å². The second kappa shape index (κ2) is 12.5. The van der Waals surface area contributed by atoms with E-state index >= 15 is 4.39 Å². The molecule has 0 amide bonds. The van der Waals surface area contributed by atoms with Crippen LogP contribution in [0.3, 0.4) is 0 Å². The van der Waals surface area contributed by atoms with Gasteiger partial charge in [0.25, 0.3) is 0 Å². The zero-order chi connectivity index (χ0) is 26.4. The Hall–Kier alpha value is -2.35.